The summed E-state index contributed by atoms with van der Waals surface area (Å²) in [6, 6.07) is 4.25. The van der Waals surface area contributed by atoms with Crippen LogP contribution >= 0.6 is 0 Å². The fraction of sp³-hybridized carbons (Fsp3) is 0.667. The zero-order valence-corrected chi connectivity index (χ0v) is 13.0. The van der Waals surface area contributed by atoms with Crippen LogP contribution in [-0.4, -0.2) is 17.8 Å². The molecule has 4 atom stereocenters. The molecule has 0 radical (unpaired) electrons. The lowest BCUT2D eigenvalue weighted by atomic mass is 9.63. The van der Waals surface area contributed by atoms with Gasteiger partial charge in [0, 0.05) is 23.1 Å². The molecule has 0 saturated heterocycles. The van der Waals surface area contributed by atoms with E-state index >= 15 is 0 Å². The van der Waals surface area contributed by atoms with Crippen molar-refractivity contribution in [1.29, 1.82) is 0 Å². The van der Waals surface area contributed by atoms with Gasteiger partial charge in [0.1, 0.15) is 11.9 Å². The first-order valence-corrected chi connectivity index (χ1v) is 8.33. The van der Waals surface area contributed by atoms with Gasteiger partial charge >= 0.3 is 0 Å². The Morgan fingerprint density at radius 2 is 2.24 bits per heavy atom. The van der Waals surface area contributed by atoms with Crippen LogP contribution in [0.2, 0.25) is 0 Å². The molecule has 2 aliphatic heterocycles. The average molecular weight is 287 g/mol. The number of hydrogen-bond acceptors (Lipinski definition) is 3. The summed E-state index contributed by atoms with van der Waals surface area (Å²) in [5.41, 5.74) is 3.95. The van der Waals surface area contributed by atoms with Crippen LogP contribution in [-0.2, 0) is 12.0 Å². The summed E-state index contributed by atoms with van der Waals surface area (Å²) >= 11 is 0. The second-order valence-corrected chi connectivity index (χ2v) is 7.26. The summed E-state index contributed by atoms with van der Waals surface area (Å²) in [6.45, 7) is 6.17. The Morgan fingerprint density at radius 3 is 3.05 bits per heavy atom. The van der Waals surface area contributed by atoms with Crippen LogP contribution in [0, 0.1) is 5.92 Å². The molecule has 1 spiro atoms. The summed E-state index contributed by atoms with van der Waals surface area (Å²) in [7, 11) is 0. The molecule has 0 amide bonds. The lowest BCUT2D eigenvalue weighted by Gasteiger charge is -2.40. The molecule has 2 heterocycles. The van der Waals surface area contributed by atoms with E-state index < -0.39 is 6.10 Å². The normalized spacial score (nSPS) is 35.4. The van der Waals surface area contributed by atoms with Crippen LogP contribution in [0.4, 0.5) is 0 Å². The Morgan fingerprint density at radius 1 is 1.38 bits per heavy atom. The molecule has 2 N–H and O–H groups in total. The van der Waals surface area contributed by atoms with Crippen molar-refractivity contribution >= 4 is 0 Å². The minimum atomic E-state index is -0.462. The number of aliphatic hydroxyl groups is 1. The Balaban J connectivity index is 1.91. The molecule has 1 aromatic carbocycles. The topological polar surface area (TPSA) is 41.5 Å². The third kappa shape index (κ3) is 1.87. The minimum absolute atomic E-state index is 0.186. The second kappa shape index (κ2) is 4.72. The van der Waals surface area contributed by atoms with Crippen LogP contribution in [0.15, 0.2) is 12.1 Å². The lowest BCUT2D eigenvalue weighted by molar-refractivity contribution is 0.0687. The van der Waals surface area contributed by atoms with E-state index in [0.29, 0.717) is 6.10 Å². The zero-order chi connectivity index (χ0) is 14.6. The van der Waals surface area contributed by atoms with Gasteiger partial charge in [-0.15, -0.1) is 0 Å². The number of nitrogens with one attached hydrogen (secondary N) is 1. The molecule has 1 saturated carbocycles. The van der Waals surface area contributed by atoms with Crippen molar-refractivity contribution in [3.63, 3.8) is 0 Å². The molecule has 114 valence electrons. The first-order valence-electron chi connectivity index (χ1n) is 8.33. The summed E-state index contributed by atoms with van der Waals surface area (Å²) in [6.07, 6.45) is 4.66. The fourth-order valence-electron chi connectivity index (χ4n) is 4.70. The van der Waals surface area contributed by atoms with Gasteiger partial charge < -0.3 is 15.2 Å². The molecule has 1 fully saturated rings. The molecule has 3 nitrogen and oxygen atoms in total. The van der Waals surface area contributed by atoms with Gasteiger partial charge in [-0.3, -0.25) is 0 Å². The Labute approximate surface area is 126 Å². The van der Waals surface area contributed by atoms with E-state index in [1.165, 1.54) is 24.0 Å². The Bertz CT molecular complexity index is 569. The van der Waals surface area contributed by atoms with Crippen LogP contribution in [0.1, 0.15) is 62.3 Å². The molecule has 1 aliphatic carbocycles. The zero-order valence-electron chi connectivity index (χ0n) is 13.0. The molecule has 0 aromatic heterocycles. The van der Waals surface area contributed by atoms with E-state index in [2.05, 4.69) is 24.4 Å². The van der Waals surface area contributed by atoms with Crippen LogP contribution in [0.25, 0.3) is 0 Å². The largest absolute Gasteiger partial charge is 0.489 e. The average Bonchev–Trinajstić information content (AvgIpc) is 2.65. The maximum atomic E-state index is 10.1. The van der Waals surface area contributed by atoms with Crippen molar-refractivity contribution in [2.24, 2.45) is 5.92 Å². The monoisotopic (exact) mass is 287 g/mol. The number of hydrogen-bond donors (Lipinski definition) is 2. The summed E-state index contributed by atoms with van der Waals surface area (Å²) in [5, 5.41) is 13.7. The predicted molar refractivity (Wildman–Crippen MR) is 82.5 cm³/mol. The summed E-state index contributed by atoms with van der Waals surface area (Å²) < 4.78 is 6.46. The molecule has 3 aliphatic rings. The SMILES string of the molecule is CC1CCC23CCNCc4ccc(C(C)O)c(c42)OC3C1. The van der Waals surface area contributed by atoms with E-state index in [1.807, 2.05) is 6.92 Å². The highest BCUT2D eigenvalue weighted by atomic mass is 16.5. The summed E-state index contributed by atoms with van der Waals surface area (Å²) in [4.78, 5) is 0. The van der Waals surface area contributed by atoms with E-state index in [9.17, 15) is 5.11 Å². The Kier molecular flexibility index (Phi) is 3.05. The first kappa shape index (κ1) is 13.6. The molecule has 21 heavy (non-hydrogen) atoms. The van der Waals surface area contributed by atoms with Gasteiger partial charge in [-0.1, -0.05) is 19.1 Å². The first-order chi connectivity index (χ1) is 10.1. The van der Waals surface area contributed by atoms with Crippen molar-refractivity contribution in [2.45, 2.75) is 63.7 Å². The van der Waals surface area contributed by atoms with Gasteiger partial charge in [-0.25, -0.2) is 0 Å². The highest BCUT2D eigenvalue weighted by Gasteiger charge is 2.53. The van der Waals surface area contributed by atoms with Crippen molar-refractivity contribution < 1.29 is 9.84 Å². The molecule has 4 rings (SSSR count). The highest BCUT2D eigenvalue weighted by molar-refractivity contribution is 5.56. The molecule has 3 heteroatoms. The smallest absolute Gasteiger partial charge is 0.129 e. The predicted octanol–water partition coefficient (Wildman–Crippen LogP) is 3.05. The van der Waals surface area contributed by atoms with Crippen molar-refractivity contribution in [3.05, 3.63) is 28.8 Å². The van der Waals surface area contributed by atoms with Gasteiger partial charge in [-0.05, 0) is 50.6 Å². The standard InChI is InChI=1S/C18H25NO2/c1-11-5-6-18-7-8-19-10-13-3-4-14(12(2)20)17(16(13)18)21-15(18)9-11/h3-4,11-12,15,19-20H,5-10H2,1-2H3. The quantitative estimate of drug-likeness (QED) is 0.834. The van der Waals surface area contributed by atoms with Gasteiger partial charge in [-0.2, -0.15) is 0 Å². The van der Waals surface area contributed by atoms with Gasteiger partial charge in [0.15, 0.2) is 0 Å². The van der Waals surface area contributed by atoms with E-state index in [-0.39, 0.29) is 5.41 Å². The van der Waals surface area contributed by atoms with Gasteiger partial charge in [0.2, 0.25) is 0 Å². The third-order valence-corrected chi connectivity index (χ3v) is 5.86. The van der Waals surface area contributed by atoms with Crippen molar-refractivity contribution in [1.82, 2.24) is 5.32 Å². The van der Waals surface area contributed by atoms with E-state index in [0.717, 1.165) is 43.2 Å². The Hall–Kier alpha value is -1.06. The second-order valence-electron chi connectivity index (χ2n) is 7.26. The molecule has 0 bridgehead atoms. The summed E-state index contributed by atoms with van der Waals surface area (Å²) in [5.74, 6) is 1.75. The number of rotatable bonds is 1. The third-order valence-electron chi connectivity index (χ3n) is 5.86. The molecular formula is C18H25NO2. The lowest BCUT2D eigenvalue weighted by Crippen LogP contribution is -2.44. The van der Waals surface area contributed by atoms with Gasteiger partial charge in [0.05, 0.1) is 6.10 Å². The van der Waals surface area contributed by atoms with E-state index in [4.69, 9.17) is 4.74 Å². The maximum Gasteiger partial charge on any atom is 0.129 e. The molecule has 1 aromatic rings. The van der Waals surface area contributed by atoms with Gasteiger partial charge in [0.25, 0.3) is 0 Å². The van der Waals surface area contributed by atoms with Crippen LogP contribution in [0.5, 0.6) is 5.75 Å². The van der Waals surface area contributed by atoms with Crippen LogP contribution in [0.3, 0.4) is 0 Å². The molecular weight excluding hydrogens is 262 g/mol. The molecule has 4 unspecified atom stereocenters. The van der Waals surface area contributed by atoms with Crippen molar-refractivity contribution in [2.75, 3.05) is 6.54 Å². The van der Waals surface area contributed by atoms with E-state index in [1.54, 1.807) is 0 Å². The van der Waals surface area contributed by atoms with Crippen molar-refractivity contribution in [3.8, 4) is 5.75 Å². The highest BCUT2D eigenvalue weighted by Crippen LogP contribution is 2.56. The number of benzene rings is 1. The maximum absolute atomic E-state index is 10.1. The number of aliphatic hydroxyl groups excluding tert-OH is 1. The van der Waals surface area contributed by atoms with Crippen LogP contribution < -0.4 is 10.1 Å². The minimum Gasteiger partial charge on any atom is -0.489 e. The fourth-order valence-corrected chi connectivity index (χ4v) is 4.70. The number of ether oxygens (including phenoxy) is 1.